The number of fused-ring (bicyclic) bond motifs is 3. The number of rotatable bonds is 3. The first kappa shape index (κ1) is 20.7. The summed E-state index contributed by atoms with van der Waals surface area (Å²) in [6, 6.07) is 6.67. The molecule has 2 atom stereocenters. The van der Waals surface area contributed by atoms with Crippen LogP contribution in [-0.4, -0.2) is 41.0 Å². The standard InChI is InChI=1S/C25H32N4OS/c1-15-8-9-19-21(14-15)31-25-22(19)24(30)26-23(27-25)18(4)28-10-12-29(13-11-28)20-7-5-6-16(2)17(20)3/h5-7,15,18H,8-14H2,1-4H3,(H,26,27,30). The number of anilines is 1. The molecule has 1 N–H and O–H groups in total. The van der Waals surface area contributed by atoms with Gasteiger partial charge in [0.15, 0.2) is 0 Å². The van der Waals surface area contributed by atoms with E-state index in [4.69, 9.17) is 4.98 Å². The number of thiophene rings is 1. The van der Waals surface area contributed by atoms with Crippen molar-refractivity contribution in [3.63, 3.8) is 0 Å². The molecule has 2 unspecified atom stereocenters. The van der Waals surface area contributed by atoms with Crippen LogP contribution in [0.2, 0.25) is 0 Å². The summed E-state index contributed by atoms with van der Waals surface area (Å²) in [5.74, 6) is 1.51. The molecule has 0 saturated carbocycles. The van der Waals surface area contributed by atoms with Crippen LogP contribution in [-0.2, 0) is 12.8 Å². The highest BCUT2D eigenvalue weighted by atomic mass is 32.1. The summed E-state index contributed by atoms with van der Waals surface area (Å²) in [6.07, 6.45) is 3.26. The number of H-pyrrole nitrogens is 1. The molecule has 0 spiro atoms. The number of piperazine rings is 1. The third kappa shape index (κ3) is 3.70. The molecule has 2 aliphatic rings. The van der Waals surface area contributed by atoms with Crippen LogP contribution < -0.4 is 10.5 Å². The lowest BCUT2D eigenvalue weighted by molar-refractivity contribution is 0.191. The molecular formula is C25H32N4OS. The van der Waals surface area contributed by atoms with E-state index in [1.165, 1.54) is 33.7 Å². The summed E-state index contributed by atoms with van der Waals surface area (Å²) >= 11 is 1.74. The van der Waals surface area contributed by atoms with E-state index in [1.807, 2.05) is 0 Å². The van der Waals surface area contributed by atoms with Crippen LogP contribution in [0.1, 0.15) is 53.7 Å². The third-order valence-corrected chi connectivity index (χ3v) is 8.51. The van der Waals surface area contributed by atoms with E-state index in [9.17, 15) is 4.79 Å². The lowest BCUT2D eigenvalue weighted by Crippen LogP contribution is -2.47. The molecule has 1 fully saturated rings. The van der Waals surface area contributed by atoms with E-state index in [2.05, 4.69) is 60.7 Å². The van der Waals surface area contributed by atoms with Crippen LogP contribution in [0, 0.1) is 19.8 Å². The van der Waals surface area contributed by atoms with E-state index < -0.39 is 0 Å². The summed E-state index contributed by atoms with van der Waals surface area (Å²) in [4.78, 5) is 28.3. The maximum absolute atomic E-state index is 13.0. The molecule has 1 aliphatic heterocycles. The van der Waals surface area contributed by atoms with Crippen molar-refractivity contribution in [3.05, 3.63) is 55.9 Å². The van der Waals surface area contributed by atoms with E-state index >= 15 is 0 Å². The molecule has 5 nitrogen and oxygen atoms in total. The minimum atomic E-state index is 0.0490. The Morgan fingerprint density at radius 2 is 1.97 bits per heavy atom. The maximum atomic E-state index is 13.0. The number of aryl methyl sites for hydroxylation is 2. The van der Waals surface area contributed by atoms with Crippen molar-refractivity contribution in [3.8, 4) is 0 Å². The Morgan fingerprint density at radius 1 is 1.19 bits per heavy atom. The second kappa shape index (κ2) is 8.06. The number of aromatic nitrogens is 2. The maximum Gasteiger partial charge on any atom is 0.259 e. The number of hydrogen-bond donors (Lipinski definition) is 1. The highest BCUT2D eigenvalue weighted by Gasteiger charge is 2.27. The molecule has 31 heavy (non-hydrogen) atoms. The second-order valence-corrected chi connectivity index (χ2v) is 10.5. The van der Waals surface area contributed by atoms with Crippen LogP contribution in [0.3, 0.4) is 0 Å². The Labute approximate surface area is 188 Å². The van der Waals surface area contributed by atoms with Gasteiger partial charge < -0.3 is 9.88 Å². The van der Waals surface area contributed by atoms with E-state index in [-0.39, 0.29) is 11.6 Å². The van der Waals surface area contributed by atoms with Gasteiger partial charge in [0.1, 0.15) is 10.7 Å². The van der Waals surface area contributed by atoms with Crippen LogP contribution in [0.4, 0.5) is 5.69 Å². The van der Waals surface area contributed by atoms with E-state index in [0.717, 1.165) is 55.1 Å². The summed E-state index contributed by atoms with van der Waals surface area (Å²) in [5.41, 5.74) is 5.37. The lowest BCUT2D eigenvalue weighted by Gasteiger charge is -2.39. The van der Waals surface area contributed by atoms with Gasteiger partial charge in [-0.1, -0.05) is 19.1 Å². The van der Waals surface area contributed by atoms with Crippen LogP contribution in [0.25, 0.3) is 10.2 Å². The lowest BCUT2D eigenvalue weighted by atomic mass is 9.89. The fourth-order valence-corrected chi connectivity index (χ4v) is 6.56. The van der Waals surface area contributed by atoms with E-state index in [0.29, 0.717) is 5.92 Å². The normalized spacial score (nSPS) is 20.8. The Kier molecular flexibility index (Phi) is 5.39. The Bertz CT molecular complexity index is 1170. The summed E-state index contributed by atoms with van der Waals surface area (Å²) in [6.45, 7) is 12.8. The molecule has 0 amide bonds. The molecule has 0 bridgehead atoms. The highest BCUT2D eigenvalue weighted by molar-refractivity contribution is 7.18. The van der Waals surface area contributed by atoms with Gasteiger partial charge in [0, 0.05) is 36.7 Å². The minimum absolute atomic E-state index is 0.0490. The molecule has 1 saturated heterocycles. The first-order valence-electron chi connectivity index (χ1n) is 11.5. The van der Waals surface area contributed by atoms with Crippen LogP contribution in [0.5, 0.6) is 0 Å². The third-order valence-electron chi connectivity index (χ3n) is 7.36. The molecule has 1 aliphatic carbocycles. The van der Waals surface area contributed by atoms with Crippen LogP contribution >= 0.6 is 11.3 Å². The molecule has 6 heteroatoms. The van der Waals surface area contributed by atoms with Gasteiger partial charge in [0.2, 0.25) is 0 Å². The largest absolute Gasteiger partial charge is 0.369 e. The van der Waals surface area contributed by atoms with Crippen molar-refractivity contribution in [2.24, 2.45) is 5.92 Å². The van der Waals surface area contributed by atoms with Gasteiger partial charge in [-0.05, 0) is 68.7 Å². The van der Waals surface area contributed by atoms with Gasteiger partial charge in [0.25, 0.3) is 5.56 Å². The highest BCUT2D eigenvalue weighted by Crippen LogP contribution is 2.36. The zero-order valence-corrected chi connectivity index (χ0v) is 19.8. The summed E-state index contributed by atoms with van der Waals surface area (Å²) < 4.78 is 0. The number of nitrogens with one attached hydrogen (secondary N) is 1. The number of benzene rings is 1. The molecule has 164 valence electrons. The summed E-state index contributed by atoms with van der Waals surface area (Å²) in [5, 5.41) is 0.850. The predicted molar refractivity (Wildman–Crippen MR) is 130 cm³/mol. The average molecular weight is 437 g/mol. The fourth-order valence-electron chi connectivity index (χ4n) is 5.16. The van der Waals surface area contributed by atoms with Gasteiger partial charge in [-0.2, -0.15) is 0 Å². The SMILES string of the molecule is Cc1cccc(N2CCN(C(C)c3nc4sc5c(c4c(=O)[nH]3)CCC(C)C5)CC2)c1C. The van der Waals surface area contributed by atoms with Crippen molar-refractivity contribution in [1.82, 2.24) is 14.9 Å². The Balaban J connectivity index is 1.35. The van der Waals surface area contributed by atoms with Gasteiger partial charge in [0.05, 0.1) is 11.4 Å². The summed E-state index contributed by atoms with van der Waals surface area (Å²) in [7, 11) is 0. The first-order chi connectivity index (χ1) is 14.9. The van der Waals surface area contributed by atoms with Gasteiger partial charge in [-0.25, -0.2) is 4.98 Å². The first-order valence-corrected chi connectivity index (χ1v) is 12.3. The van der Waals surface area contributed by atoms with Crippen molar-refractivity contribution in [2.75, 3.05) is 31.1 Å². The Hall–Kier alpha value is -2.18. The number of nitrogens with zero attached hydrogens (tertiary/aromatic N) is 3. The smallest absolute Gasteiger partial charge is 0.259 e. The minimum Gasteiger partial charge on any atom is -0.369 e. The molecule has 0 radical (unpaired) electrons. The van der Waals surface area contributed by atoms with Crippen molar-refractivity contribution in [2.45, 2.75) is 53.0 Å². The van der Waals surface area contributed by atoms with Crippen molar-refractivity contribution >= 4 is 27.2 Å². The zero-order valence-electron chi connectivity index (χ0n) is 19.0. The number of hydrogen-bond acceptors (Lipinski definition) is 5. The van der Waals surface area contributed by atoms with Crippen LogP contribution in [0.15, 0.2) is 23.0 Å². The van der Waals surface area contributed by atoms with E-state index in [1.54, 1.807) is 11.3 Å². The fraction of sp³-hybridized carbons (Fsp3) is 0.520. The second-order valence-electron chi connectivity index (χ2n) is 9.40. The van der Waals surface area contributed by atoms with Gasteiger partial charge >= 0.3 is 0 Å². The van der Waals surface area contributed by atoms with Gasteiger partial charge in [-0.15, -0.1) is 11.3 Å². The average Bonchev–Trinajstić information content (AvgIpc) is 3.13. The van der Waals surface area contributed by atoms with Crippen molar-refractivity contribution < 1.29 is 0 Å². The predicted octanol–water partition coefficient (Wildman–Crippen LogP) is 4.61. The molecular weight excluding hydrogens is 404 g/mol. The molecule has 2 aromatic heterocycles. The monoisotopic (exact) mass is 436 g/mol. The Morgan fingerprint density at radius 3 is 2.74 bits per heavy atom. The quantitative estimate of drug-likeness (QED) is 0.651. The molecule has 1 aromatic carbocycles. The molecule has 3 aromatic rings. The molecule has 5 rings (SSSR count). The topological polar surface area (TPSA) is 52.2 Å². The van der Waals surface area contributed by atoms with Crippen molar-refractivity contribution in [1.29, 1.82) is 0 Å². The molecule has 3 heterocycles. The zero-order chi connectivity index (χ0) is 21.7. The van der Waals surface area contributed by atoms with Gasteiger partial charge in [-0.3, -0.25) is 9.69 Å². The number of aromatic amines is 1.